The molecule has 0 unspecified atom stereocenters. The zero-order valence-electron chi connectivity index (χ0n) is 16.0. The summed E-state index contributed by atoms with van der Waals surface area (Å²) in [4.78, 5) is 0. The summed E-state index contributed by atoms with van der Waals surface area (Å²) < 4.78 is 33.1. The molecule has 0 saturated heterocycles. The molecule has 1 aliphatic carbocycles. The van der Waals surface area contributed by atoms with Crippen LogP contribution in [0.2, 0.25) is 0 Å². The molecule has 0 bridgehead atoms. The lowest BCUT2D eigenvalue weighted by Crippen LogP contribution is -2.48. The third-order valence-electron chi connectivity index (χ3n) is 5.29. The van der Waals surface area contributed by atoms with Crippen LogP contribution in [0.4, 0.5) is 5.69 Å². The van der Waals surface area contributed by atoms with E-state index in [2.05, 4.69) is 18.8 Å². The van der Waals surface area contributed by atoms with Crippen molar-refractivity contribution in [2.24, 2.45) is 0 Å². The first-order chi connectivity index (χ1) is 11.8. The lowest BCUT2D eigenvalue weighted by molar-refractivity contribution is -0.914. The minimum Gasteiger partial charge on any atom is -0.495 e. The maximum Gasteiger partial charge on any atom is 0.232 e. The molecule has 0 aliphatic heterocycles. The number of benzene rings is 1. The second kappa shape index (κ2) is 8.41. The fraction of sp³-hybridized carbons (Fsp3) is 0.684. The van der Waals surface area contributed by atoms with Gasteiger partial charge in [-0.1, -0.05) is 13.0 Å². The van der Waals surface area contributed by atoms with Crippen molar-refractivity contribution in [2.45, 2.75) is 51.5 Å². The van der Waals surface area contributed by atoms with Crippen LogP contribution in [0.5, 0.6) is 5.75 Å². The van der Waals surface area contributed by atoms with Gasteiger partial charge in [0.1, 0.15) is 5.75 Å². The number of hydrogen-bond acceptors (Lipinski definition) is 3. The van der Waals surface area contributed by atoms with Crippen molar-refractivity contribution in [2.75, 3.05) is 38.2 Å². The number of methoxy groups -OCH3 is 1. The molecule has 0 aromatic heterocycles. The summed E-state index contributed by atoms with van der Waals surface area (Å²) in [6, 6.07) is 6.54. The number of sulfonamides is 1. The van der Waals surface area contributed by atoms with Crippen molar-refractivity contribution < 1.29 is 17.6 Å². The van der Waals surface area contributed by atoms with Crippen molar-refractivity contribution in [1.82, 2.24) is 0 Å². The summed E-state index contributed by atoms with van der Waals surface area (Å²) in [5, 5.41) is 0. The SMILES string of the molecule is CCCS(=O)(=O)Nc1ccc(CC[N+](C)(C)C2CCCC2)cc1OC. The molecule has 1 saturated carbocycles. The molecule has 142 valence electrons. The van der Waals surface area contributed by atoms with E-state index >= 15 is 0 Å². The molecule has 0 amide bonds. The second-order valence-corrected chi connectivity index (χ2v) is 9.49. The fourth-order valence-corrected chi connectivity index (χ4v) is 4.81. The minimum absolute atomic E-state index is 0.116. The van der Waals surface area contributed by atoms with Gasteiger partial charge in [-0.05, 0) is 49.8 Å². The van der Waals surface area contributed by atoms with Gasteiger partial charge in [-0.3, -0.25) is 4.72 Å². The Kier molecular flexibility index (Phi) is 6.74. The molecule has 25 heavy (non-hydrogen) atoms. The smallest absolute Gasteiger partial charge is 0.232 e. The number of anilines is 1. The maximum atomic E-state index is 12.0. The van der Waals surface area contributed by atoms with E-state index in [1.165, 1.54) is 31.2 Å². The van der Waals surface area contributed by atoms with E-state index in [4.69, 9.17) is 4.74 Å². The molecular formula is C19H33N2O3S+. The van der Waals surface area contributed by atoms with Gasteiger partial charge in [-0.2, -0.15) is 0 Å². The number of rotatable bonds is 9. The van der Waals surface area contributed by atoms with Crippen molar-refractivity contribution in [3.63, 3.8) is 0 Å². The Morgan fingerprint density at radius 3 is 2.52 bits per heavy atom. The quantitative estimate of drug-likeness (QED) is 0.679. The van der Waals surface area contributed by atoms with Gasteiger partial charge in [0.2, 0.25) is 10.0 Å². The van der Waals surface area contributed by atoms with Crippen LogP contribution >= 0.6 is 0 Å². The zero-order valence-corrected chi connectivity index (χ0v) is 16.9. The normalized spacial score (nSPS) is 16.2. The Bertz CT molecular complexity index is 665. The third-order valence-corrected chi connectivity index (χ3v) is 6.77. The molecule has 0 heterocycles. The Morgan fingerprint density at radius 1 is 1.24 bits per heavy atom. The summed E-state index contributed by atoms with van der Waals surface area (Å²) in [5.74, 6) is 0.702. The van der Waals surface area contributed by atoms with E-state index in [1.54, 1.807) is 7.11 Å². The molecule has 2 rings (SSSR count). The van der Waals surface area contributed by atoms with Gasteiger partial charge >= 0.3 is 0 Å². The lowest BCUT2D eigenvalue weighted by Gasteiger charge is -2.36. The molecule has 1 fully saturated rings. The first-order valence-electron chi connectivity index (χ1n) is 9.27. The summed E-state index contributed by atoms with van der Waals surface area (Å²) in [6.07, 6.45) is 6.91. The molecule has 0 spiro atoms. The molecule has 6 heteroatoms. The number of ether oxygens (including phenoxy) is 1. The van der Waals surface area contributed by atoms with Crippen LogP contribution in [-0.2, 0) is 16.4 Å². The molecule has 5 nitrogen and oxygen atoms in total. The Labute approximate surface area is 153 Å². The maximum absolute atomic E-state index is 12.0. The molecule has 1 aromatic rings. The van der Waals surface area contributed by atoms with E-state index in [1.807, 2.05) is 25.1 Å². The van der Waals surface area contributed by atoms with E-state index in [0.717, 1.165) is 23.5 Å². The predicted octanol–water partition coefficient (Wildman–Crippen LogP) is 3.41. The van der Waals surface area contributed by atoms with Crippen LogP contribution in [0.1, 0.15) is 44.6 Å². The van der Waals surface area contributed by atoms with E-state index in [0.29, 0.717) is 17.9 Å². The Balaban J connectivity index is 2.05. The van der Waals surface area contributed by atoms with Gasteiger partial charge in [0.15, 0.2) is 0 Å². The highest BCUT2D eigenvalue weighted by molar-refractivity contribution is 7.92. The average molecular weight is 370 g/mol. The molecule has 1 aromatic carbocycles. The summed E-state index contributed by atoms with van der Waals surface area (Å²) >= 11 is 0. The number of likely N-dealkylation sites (N-methyl/N-ethyl adjacent to an activating group) is 1. The van der Waals surface area contributed by atoms with Gasteiger partial charge in [0.05, 0.1) is 45.2 Å². The van der Waals surface area contributed by atoms with Crippen molar-refractivity contribution in [3.05, 3.63) is 23.8 Å². The van der Waals surface area contributed by atoms with Gasteiger partial charge < -0.3 is 9.22 Å². The van der Waals surface area contributed by atoms with Crippen LogP contribution in [0, 0.1) is 0 Å². The molecule has 1 aliphatic rings. The Hall–Kier alpha value is -1.27. The van der Waals surface area contributed by atoms with E-state index in [9.17, 15) is 8.42 Å². The average Bonchev–Trinajstić information content (AvgIpc) is 3.09. The van der Waals surface area contributed by atoms with Gasteiger partial charge in [-0.25, -0.2) is 8.42 Å². The topological polar surface area (TPSA) is 55.4 Å². The largest absolute Gasteiger partial charge is 0.495 e. The van der Waals surface area contributed by atoms with E-state index < -0.39 is 10.0 Å². The number of nitrogens with one attached hydrogen (secondary N) is 1. The number of nitrogens with zero attached hydrogens (tertiary/aromatic N) is 1. The van der Waals surface area contributed by atoms with Crippen molar-refractivity contribution >= 4 is 15.7 Å². The van der Waals surface area contributed by atoms with Crippen LogP contribution in [0.15, 0.2) is 18.2 Å². The fourth-order valence-electron chi connectivity index (χ4n) is 3.67. The van der Waals surface area contributed by atoms with Gasteiger partial charge in [-0.15, -0.1) is 0 Å². The lowest BCUT2D eigenvalue weighted by atomic mass is 10.1. The van der Waals surface area contributed by atoms with Crippen molar-refractivity contribution in [3.8, 4) is 5.75 Å². The first-order valence-corrected chi connectivity index (χ1v) is 10.9. The predicted molar refractivity (Wildman–Crippen MR) is 104 cm³/mol. The summed E-state index contributed by atoms with van der Waals surface area (Å²) in [5.41, 5.74) is 1.70. The van der Waals surface area contributed by atoms with Crippen LogP contribution in [-0.4, -0.2) is 52.4 Å². The minimum atomic E-state index is -3.31. The number of quaternary nitrogens is 1. The number of hydrogen-bond donors (Lipinski definition) is 1. The van der Waals surface area contributed by atoms with Crippen molar-refractivity contribution in [1.29, 1.82) is 0 Å². The monoisotopic (exact) mass is 369 g/mol. The van der Waals surface area contributed by atoms with Gasteiger partial charge in [0, 0.05) is 6.42 Å². The van der Waals surface area contributed by atoms with E-state index in [-0.39, 0.29) is 5.75 Å². The van der Waals surface area contributed by atoms with Crippen LogP contribution < -0.4 is 9.46 Å². The third kappa shape index (κ3) is 5.61. The zero-order chi connectivity index (χ0) is 18.5. The van der Waals surface area contributed by atoms with Crippen LogP contribution in [0.3, 0.4) is 0 Å². The highest BCUT2D eigenvalue weighted by Gasteiger charge is 2.30. The Morgan fingerprint density at radius 2 is 1.92 bits per heavy atom. The molecular weight excluding hydrogens is 336 g/mol. The highest BCUT2D eigenvalue weighted by atomic mass is 32.2. The second-order valence-electron chi connectivity index (χ2n) is 7.65. The molecule has 1 N–H and O–H groups in total. The van der Waals surface area contributed by atoms with Crippen LogP contribution in [0.25, 0.3) is 0 Å². The molecule has 0 radical (unpaired) electrons. The van der Waals surface area contributed by atoms with Gasteiger partial charge in [0.25, 0.3) is 0 Å². The molecule has 0 atom stereocenters. The highest BCUT2D eigenvalue weighted by Crippen LogP contribution is 2.29. The standard InChI is InChI=1S/C19H33N2O3S/c1-5-14-25(22,23)20-18-11-10-16(15-19(18)24-4)12-13-21(2,3)17-8-6-7-9-17/h10-11,15,17,20H,5-9,12-14H2,1-4H3/q+1. The first kappa shape index (κ1) is 20.0. The summed E-state index contributed by atoms with van der Waals surface area (Å²) in [7, 11) is 2.91. The summed E-state index contributed by atoms with van der Waals surface area (Å²) in [6.45, 7) is 2.93.